The minimum Gasteiger partial charge on any atom is -0.442 e. The molecular formula is C21H21N3O4S. The number of anilines is 1. The number of aromatic nitrogens is 1. The highest BCUT2D eigenvalue weighted by atomic mass is 32.1. The van der Waals surface area contributed by atoms with Crippen molar-refractivity contribution < 1.29 is 19.1 Å². The second-order valence-electron chi connectivity index (χ2n) is 7.12. The van der Waals surface area contributed by atoms with Crippen molar-refractivity contribution in [3.63, 3.8) is 0 Å². The van der Waals surface area contributed by atoms with E-state index in [1.54, 1.807) is 23.2 Å². The number of ether oxygens (including phenoxy) is 1. The summed E-state index contributed by atoms with van der Waals surface area (Å²) < 4.78 is 5.33. The quantitative estimate of drug-likeness (QED) is 0.617. The van der Waals surface area contributed by atoms with Crippen molar-refractivity contribution >= 4 is 40.9 Å². The van der Waals surface area contributed by atoms with E-state index in [1.165, 1.54) is 18.3 Å². The molecule has 4 rings (SSSR count). The number of allylic oxidation sites excluding steroid dienone is 1. The van der Waals surface area contributed by atoms with Gasteiger partial charge in [-0.25, -0.2) is 9.78 Å². The molecule has 2 aromatic rings. The molecule has 29 heavy (non-hydrogen) atoms. The van der Waals surface area contributed by atoms with E-state index in [4.69, 9.17) is 4.74 Å². The summed E-state index contributed by atoms with van der Waals surface area (Å²) in [5.41, 5.74) is 3.09. The van der Waals surface area contributed by atoms with Crippen LogP contribution in [0.1, 0.15) is 40.7 Å². The molecule has 2 amide bonds. The molecule has 1 aliphatic heterocycles. The van der Waals surface area contributed by atoms with Gasteiger partial charge in [0.2, 0.25) is 5.91 Å². The van der Waals surface area contributed by atoms with Crippen LogP contribution >= 0.6 is 11.3 Å². The van der Waals surface area contributed by atoms with Gasteiger partial charge < -0.3 is 10.1 Å². The highest BCUT2D eigenvalue weighted by molar-refractivity contribution is 7.10. The number of hydrogen-bond acceptors (Lipinski definition) is 6. The SMILES string of the molecule is CC(=O)NC[C@H]1CN(c2ccc3c(c2)CCC/C(=C/c2nccs2)C3=O)C(=O)O1. The van der Waals surface area contributed by atoms with E-state index < -0.39 is 6.09 Å². The van der Waals surface area contributed by atoms with Gasteiger partial charge in [0.05, 0.1) is 13.1 Å². The molecule has 0 bridgehead atoms. The van der Waals surface area contributed by atoms with E-state index in [-0.39, 0.29) is 24.3 Å². The van der Waals surface area contributed by atoms with Gasteiger partial charge in [0, 0.05) is 35.3 Å². The van der Waals surface area contributed by atoms with Crippen molar-refractivity contribution in [3.8, 4) is 0 Å². The highest BCUT2D eigenvalue weighted by Crippen LogP contribution is 2.30. The van der Waals surface area contributed by atoms with Crippen molar-refractivity contribution in [1.29, 1.82) is 0 Å². The molecule has 8 heteroatoms. The summed E-state index contributed by atoms with van der Waals surface area (Å²) in [5.74, 6) is -0.142. The lowest BCUT2D eigenvalue weighted by Gasteiger charge is -2.15. The Morgan fingerprint density at radius 1 is 1.38 bits per heavy atom. The lowest BCUT2D eigenvalue weighted by atomic mass is 9.99. The van der Waals surface area contributed by atoms with Crippen LogP contribution in [0.4, 0.5) is 10.5 Å². The number of fused-ring (bicyclic) bond motifs is 1. The zero-order valence-corrected chi connectivity index (χ0v) is 16.8. The fourth-order valence-electron chi connectivity index (χ4n) is 3.62. The summed E-state index contributed by atoms with van der Waals surface area (Å²) in [6, 6.07) is 5.48. The highest BCUT2D eigenvalue weighted by Gasteiger charge is 2.33. The van der Waals surface area contributed by atoms with Crippen LogP contribution in [0.3, 0.4) is 0 Å². The van der Waals surface area contributed by atoms with E-state index in [1.807, 2.05) is 17.5 Å². The summed E-state index contributed by atoms with van der Waals surface area (Å²) in [6.45, 7) is 2.07. The van der Waals surface area contributed by atoms with E-state index in [0.717, 1.165) is 29.0 Å². The Labute approximate surface area is 172 Å². The predicted octanol–water partition coefficient (Wildman–Crippen LogP) is 3.21. The number of hydrogen-bond donors (Lipinski definition) is 1. The second-order valence-corrected chi connectivity index (χ2v) is 8.04. The molecule has 1 fully saturated rings. The maximum Gasteiger partial charge on any atom is 0.414 e. The lowest BCUT2D eigenvalue weighted by Crippen LogP contribution is -2.33. The fourth-order valence-corrected chi connectivity index (χ4v) is 4.21. The molecule has 1 N–H and O–H groups in total. The van der Waals surface area contributed by atoms with Crippen molar-refractivity contribution in [2.24, 2.45) is 0 Å². The number of ketones is 1. The van der Waals surface area contributed by atoms with Gasteiger partial charge in [-0.3, -0.25) is 14.5 Å². The van der Waals surface area contributed by atoms with Crippen LogP contribution in [0.2, 0.25) is 0 Å². The Balaban J connectivity index is 1.55. The number of carbonyl (C=O) groups excluding carboxylic acids is 3. The van der Waals surface area contributed by atoms with Crippen LogP contribution in [-0.4, -0.2) is 42.0 Å². The van der Waals surface area contributed by atoms with Gasteiger partial charge in [-0.15, -0.1) is 11.3 Å². The van der Waals surface area contributed by atoms with Crippen LogP contribution in [0.5, 0.6) is 0 Å². The molecular weight excluding hydrogens is 390 g/mol. The zero-order chi connectivity index (χ0) is 20.4. The van der Waals surface area contributed by atoms with Gasteiger partial charge in [0.1, 0.15) is 11.1 Å². The van der Waals surface area contributed by atoms with Crippen LogP contribution in [-0.2, 0) is 16.0 Å². The normalized spacial score (nSPS) is 20.4. The lowest BCUT2D eigenvalue weighted by molar-refractivity contribution is -0.119. The minimum absolute atomic E-state index is 0.0202. The van der Waals surface area contributed by atoms with Crippen molar-refractivity contribution in [2.75, 3.05) is 18.0 Å². The molecule has 0 radical (unpaired) electrons. The summed E-state index contributed by atoms with van der Waals surface area (Å²) in [6.07, 6.45) is 5.10. The van der Waals surface area contributed by atoms with Crippen molar-refractivity contribution in [2.45, 2.75) is 32.3 Å². The zero-order valence-electron chi connectivity index (χ0n) is 16.0. The number of thiazole rings is 1. The number of nitrogens with zero attached hydrogens (tertiary/aromatic N) is 2. The smallest absolute Gasteiger partial charge is 0.414 e. The summed E-state index contributed by atoms with van der Waals surface area (Å²) in [4.78, 5) is 42.2. The van der Waals surface area contributed by atoms with Gasteiger partial charge in [0.25, 0.3) is 0 Å². The predicted molar refractivity (Wildman–Crippen MR) is 110 cm³/mol. The van der Waals surface area contributed by atoms with Gasteiger partial charge in [-0.2, -0.15) is 0 Å². The number of benzene rings is 1. The molecule has 150 valence electrons. The fraction of sp³-hybridized carbons (Fsp3) is 0.333. The van der Waals surface area contributed by atoms with Crippen LogP contribution < -0.4 is 10.2 Å². The van der Waals surface area contributed by atoms with E-state index in [0.29, 0.717) is 24.2 Å². The van der Waals surface area contributed by atoms with Gasteiger partial charge in [-0.1, -0.05) is 0 Å². The van der Waals surface area contributed by atoms with E-state index >= 15 is 0 Å². The molecule has 7 nitrogen and oxygen atoms in total. The molecule has 1 aliphatic carbocycles. The molecule has 1 saturated heterocycles. The number of Topliss-reactive ketones (excluding diaryl/α,β-unsaturated/α-hetero) is 1. The molecule has 0 spiro atoms. The molecule has 1 aromatic carbocycles. The number of cyclic esters (lactones) is 1. The molecule has 0 unspecified atom stereocenters. The Bertz CT molecular complexity index is 984. The largest absolute Gasteiger partial charge is 0.442 e. The Hall–Kier alpha value is -3.00. The minimum atomic E-state index is -0.440. The molecule has 2 heterocycles. The van der Waals surface area contributed by atoms with E-state index in [9.17, 15) is 14.4 Å². The first-order valence-electron chi connectivity index (χ1n) is 9.51. The monoisotopic (exact) mass is 411 g/mol. The third kappa shape index (κ3) is 4.22. The standard InChI is InChI=1S/C21H21N3O4S/c1-13(25)23-11-17-12-24(21(27)28-17)16-5-6-18-14(9-16)3-2-4-15(20(18)26)10-19-22-7-8-29-19/h5-10,17H,2-4,11-12H2,1H3,(H,23,25)/b15-10-/t17-/m0/s1. The third-order valence-electron chi connectivity index (χ3n) is 5.03. The first kappa shape index (κ1) is 19.3. The average Bonchev–Trinajstić information content (AvgIpc) is 3.31. The average molecular weight is 411 g/mol. The van der Waals surface area contributed by atoms with Crippen LogP contribution in [0.15, 0.2) is 35.3 Å². The Kier molecular flexibility index (Phi) is 5.44. The van der Waals surface area contributed by atoms with Gasteiger partial charge >= 0.3 is 6.09 Å². The van der Waals surface area contributed by atoms with Crippen molar-refractivity contribution in [1.82, 2.24) is 10.3 Å². The molecule has 1 atom stereocenters. The number of rotatable bonds is 4. The number of carbonyl (C=O) groups is 3. The molecule has 0 saturated carbocycles. The second kappa shape index (κ2) is 8.16. The number of aryl methyl sites for hydroxylation is 1. The van der Waals surface area contributed by atoms with Crippen LogP contribution in [0, 0.1) is 0 Å². The number of amides is 2. The molecule has 2 aliphatic rings. The van der Waals surface area contributed by atoms with Crippen molar-refractivity contribution in [3.05, 3.63) is 51.5 Å². The first-order valence-corrected chi connectivity index (χ1v) is 10.4. The van der Waals surface area contributed by atoms with Crippen LogP contribution in [0.25, 0.3) is 6.08 Å². The van der Waals surface area contributed by atoms with E-state index in [2.05, 4.69) is 10.3 Å². The summed E-state index contributed by atoms with van der Waals surface area (Å²) in [5, 5.41) is 5.39. The summed E-state index contributed by atoms with van der Waals surface area (Å²) >= 11 is 1.51. The topological polar surface area (TPSA) is 88.6 Å². The summed E-state index contributed by atoms with van der Waals surface area (Å²) in [7, 11) is 0. The Morgan fingerprint density at radius 2 is 2.24 bits per heavy atom. The number of nitrogens with one attached hydrogen (secondary N) is 1. The maximum absolute atomic E-state index is 13.0. The van der Waals surface area contributed by atoms with Gasteiger partial charge in [-0.05, 0) is 49.1 Å². The van der Waals surface area contributed by atoms with Gasteiger partial charge in [0.15, 0.2) is 5.78 Å². The Morgan fingerprint density at radius 3 is 3.00 bits per heavy atom. The third-order valence-corrected chi connectivity index (χ3v) is 5.75. The maximum atomic E-state index is 13.0. The molecule has 1 aromatic heterocycles. The first-order chi connectivity index (χ1) is 14.0.